The highest BCUT2D eigenvalue weighted by molar-refractivity contribution is 9.10. The predicted molar refractivity (Wildman–Crippen MR) is 72.2 cm³/mol. The lowest BCUT2D eigenvalue weighted by molar-refractivity contribution is 0.478. The van der Waals surface area contributed by atoms with Crippen LogP contribution < -0.4 is 0 Å². The molecule has 1 aromatic carbocycles. The molecule has 1 heterocycles. The summed E-state index contributed by atoms with van der Waals surface area (Å²) in [6, 6.07) is 4.74. The Bertz CT molecular complexity index is 535. The van der Waals surface area contributed by atoms with Gasteiger partial charge in [-0.15, -0.1) is 11.6 Å². The Morgan fingerprint density at radius 2 is 2.12 bits per heavy atom. The number of hydrogen-bond acceptors (Lipinski definition) is 2. The normalized spacial score (nSPS) is 21.9. The number of rotatable bonds is 2. The number of halogens is 3. The Morgan fingerprint density at radius 3 is 2.65 bits per heavy atom. The third-order valence-electron chi connectivity index (χ3n) is 2.61. The van der Waals surface area contributed by atoms with Crippen molar-refractivity contribution >= 4 is 49.2 Å². The van der Waals surface area contributed by atoms with Gasteiger partial charge >= 0.3 is 0 Å². The summed E-state index contributed by atoms with van der Waals surface area (Å²) >= 11 is 15.1. The number of sulfonamides is 1. The lowest BCUT2D eigenvalue weighted by atomic mass is 10.4. The second kappa shape index (κ2) is 5.05. The standard InChI is InChI=1S/C10H10BrCl2NO2S/c11-7-1-2-10(9(13)5-7)17(15,16)14-4-3-8(12)6-14/h1-2,5,8H,3-4,6H2. The summed E-state index contributed by atoms with van der Waals surface area (Å²) in [5.41, 5.74) is 0. The molecule has 0 N–H and O–H groups in total. The molecule has 1 saturated heterocycles. The van der Waals surface area contributed by atoms with Crippen LogP contribution in [0.5, 0.6) is 0 Å². The van der Waals surface area contributed by atoms with Crippen LogP contribution >= 0.6 is 39.1 Å². The molecule has 0 radical (unpaired) electrons. The summed E-state index contributed by atoms with van der Waals surface area (Å²) < 4.78 is 26.7. The number of nitrogens with zero attached hydrogens (tertiary/aromatic N) is 1. The van der Waals surface area contributed by atoms with Crippen molar-refractivity contribution in [2.24, 2.45) is 0 Å². The molecule has 1 aliphatic rings. The Balaban J connectivity index is 2.38. The molecular formula is C10H10BrCl2NO2S. The van der Waals surface area contributed by atoms with Gasteiger partial charge in [0.05, 0.1) is 5.02 Å². The van der Waals surface area contributed by atoms with Crippen molar-refractivity contribution < 1.29 is 8.42 Å². The van der Waals surface area contributed by atoms with Crippen molar-refractivity contribution in [1.82, 2.24) is 4.31 Å². The van der Waals surface area contributed by atoms with Crippen molar-refractivity contribution in [3.63, 3.8) is 0 Å². The molecule has 1 fully saturated rings. The quantitative estimate of drug-likeness (QED) is 0.762. The van der Waals surface area contributed by atoms with Crippen molar-refractivity contribution in [3.8, 4) is 0 Å². The third kappa shape index (κ3) is 2.79. The zero-order valence-corrected chi connectivity index (χ0v) is 12.7. The van der Waals surface area contributed by atoms with E-state index in [-0.39, 0.29) is 15.3 Å². The van der Waals surface area contributed by atoms with Gasteiger partial charge in [-0.05, 0) is 24.6 Å². The maximum Gasteiger partial charge on any atom is 0.244 e. The fourth-order valence-corrected chi connectivity index (χ4v) is 4.59. The Kier molecular flexibility index (Phi) is 4.05. The lowest BCUT2D eigenvalue weighted by Crippen LogP contribution is -2.29. The van der Waals surface area contributed by atoms with Crippen LogP contribution in [0.25, 0.3) is 0 Å². The van der Waals surface area contributed by atoms with Gasteiger partial charge in [-0.2, -0.15) is 4.31 Å². The second-order valence-electron chi connectivity index (χ2n) is 3.82. The van der Waals surface area contributed by atoms with Gasteiger partial charge < -0.3 is 0 Å². The fourth-order valence-electron chi connectivity index (χ4n) is 1.73. The minimum absolute atomic E-state index is 0.112. The fraction of sp³-hybridized carbons (Fsp3) is 0.400. The van der Waals surface area contributed by atoms with Crippen LogP contribution in [0.3, 0.4) is 0 Å². The molecule has 0 spiro atoms. The van der Waals surface area contributed by atoms with E-state index in [0.717, 1.165) is 4.47 Å². The number of hydrogen-bond donors (Lipinski definition) is 0. The summed E-state index contributed by atoms with van der Waals surface area (Å²) in [5, 5.41) is 0.108. The van der Waals surface area contributed by atoms with Crippen LogP contribution in [0.2, 0.25) is 5.02 Å². The molecule has 0 aliphatic carbocycles. The molecule has 17 heavy (non-hydrogen) atoms. The lowest BCUT2D eigenvalue weighted by Gasteiger charge is -2.16. The Morgan fingerprint density at radius 1 is 1.41 bits per heavy atom. The maximum atomic E-state index is 12.3. The molecule has 3 nitrogen and oxygen atoms in total. The predicted octanol–water partition coefficient (Wildman–Crippen LogP) is 3.10. The Labute approximate surface area is 119 Å². The van der Waals surface area contributed by atoms with E-state index in [9.17, 15) is 8.42 Å². The zero-order chi connectivity index (χ0) is 12.6. The van der Waals surface area contributed by atoms with Crippen LogP contribution in [-0.2, 0) is 10.0 Å². The highest BCUT2D eigenvalue weighted by atomic mass is 79.9. The first-order valence-electron chi connectivity index (χ1n) is 5.00. The molecular weight excluding hydrogens is 349 g/mol. The van der Waals surface area contributed by atoms with Gasteiger partial charge in [0.2, 0.25) is 10.0 Å². The van der Waals surface area contributed by atoms with Gasteiger partial charge in [-0.3, -0.25) is 0 Å². The molecule has 0 amide bonds. The number of alkyl halides is 1. The van der Waals surface area contributed by atoms with Gasteiger partial charge in [0.1, 0.15) is 4.90 Å². The smallest absolute Gasteiger partial charge is 0.207 e. The van der Waals surface area contributed by atoms with Crippen molar-refractivity contribution in [2.45, 2.75) is 16.7 Å². The van der Waals surface area contributed by atoms with Crippen molar-refractivity contribution in [1.29, 1.82) is 0 Å². The summed E-state index contributed by atoms with van der Waals surface area (Å²) in [4.78, 5) is 0.133. The van der Waals surface area contributed by atoms with E-state index in [0.29, 0.717) is 19.5 Å². The van der Waals surface area contributed by atoms with Gasteiger partial charge in [-0.25, -0.2) is 8.42 Å². The van der Waals surface area contributed by atoms with Crippen molar-refractivity contribution in [2.75, 3.05) is 13.1 Å². The van der Waals surface area contributed by atoms with Crippen LogP contribution in [0.15, 0.2) is 27.6 Å². The van der Waals surface area contributed by atoms with Crippen molar-refractivity contribution in [3.05, 3.63) is 27.7 Å². The maximum absolute atomic E-state index is 12.3. The Hall–Kier alpha value is 0.190. The molecule has 0 bridgehead atoms. The molecule has 1 aromatic rings. The number of benzene rings is 1. The molecule has 94 valence electrons. The SMILES string of the molecule is O=S(=O)(c1ccc(Br)cc1Cl)N1CCC(Cl)C1. The molecule has 7 heteroatoms. The first kappa shape index (κ1) is 13.6. The van der Waals surface area contributed by atoms with Crippen LogP contribution in [0, 0.1) is 0 Å². The summed E-state index contributed by atoms with van der Waals surface area (Å²) in [6.07, 6.45) is 0.676. The molecule has 1 unspecified atom stereocenters. The molecule has 0 aromatic heterocycles. The van der Waals surface area contributed by atoms with E-state index < -0.39 is 10.0 Å². The average molecular weight is 359 g/mol. The van der Waals surface area contributed by atoms with Crippen LogP contribution in [-0.4, -0.2) is 31.2 Å². The monoisotopic (exact) mass is 357 g/mol. The average Bonchev–Trinajstić information content (AvgIpc) is 2.64. The first-order chi connectivity index (χ1) is 7.91. The molecule has 1 aliphatic heterocycles. The highest BCUT2D eigenvalue weighted by Crippen LogP contribution is 2.30. The summed E-state index contributed by atoms with van der Waals surface area (Å²) in [6.45, 7) is 0.791. The van der Waals surface area contributed by atoms with E-state index in [2.05, 4.69) is 15.9 Å². The molecule has 2 rings (SSSR count). The zero-order valence-electron chi connectivity index (χ0n) is 8.74. The minimum Gasteiger partial charge on any atom is -0.207 e. The second-order valence-corrected chi connectivity index (χ2v) is 7.67. The topological polar surface area (TPSA) is 37.4 Å². The molecule has 1 atom stereocenters. The van der Waals surface area contributed by atoms with E-state index in [1.54, 1.807) is 12.1 Å². The van der Waals surface area contributed by atoms with Gasteiger partial charge in [-0.1, -0.05) is 27.5 Å². The van der Waals surface area contributed by atoms with Crippen LogP contribution in [0.1, 0.15) is 6.42 Å². The largest absolute Gasteiger partial charge is 0.244 e. The van der Waals surface area contributed by atoms with E-state index in [1.807, 2.05) is 0 Å². The van der Waals surface area contributed by atoms with E-state index in [4.69, 9.17) is 23.2 Å². The minimum atomic E-state index is -3.52. The van der Waals surface area contributed by atoms with E-state index >= 15 is 0 Å². The third-order valence-corrected chi connectivity index (χ3v) is 5.80. The van der Waals surface area contributed by atoms with Gasteiger partial charge in [0, 0.05) is 22.9 Å². The van der Waals surface area contributed by atoms with Gasteiger partial charge in [0.25, 0.3) is 0 Å². The highest BCUT2D eigenvalue weighted by Gasteiger charge is 2.32. The first-order valence-corrected chi connectivity index (χ1v) is 8.05. The molecule has 0 saturated carbocycles. The summed E-state index contributed by atoms with van der Waals surface area (Å²) in [7, 11) is -3.52. The van der Waals surface area contributed by atoms with Crippen LogP contribution in [0.4, 0.5) is 0 Å². The van der Waals surface area contributed by atoms with Gasteiger partial charge in [0.15, 0.2) is 0 Å². The van der Waals surface area contributed by atoms with E-state index in [1.165, 1.54) is 10.4 Å². The summed E-state index contributed by atoms with van der Waals surface area (Å²) in [5.74, 6) is 0.